The largest absolute Gasteiger partial charge is 0.342 e. The van der Waals surface area contributed by atoms with Gasteiger partial charge in [-0.1, -0.05) is 64.3 Å². The van der Waals surface area contributed by atoms with Crippen molar-refractivity contribution >= 4 is 64.1 Å². The first-order valence-electron chi connectivity index (χ1n) is 10.1. The molecule has 2 aromatic carbocycles. The van der Waals surface area contributed by atoms with Gasteiger partial charge in [0.1, 0.15) is 0 Å². The van der Waals surface area contributed by atoms with Gasteiger partial charge in [0.15, 0.2) is 11.0 Å². The average molecular weight is 527 g/mol. The quantitative estimate of drug-likeness (QED) is 0.363. The lowest BCUT2D eigenvalue weighted by Gasteiger charge is -2.15. The second-order valence-electron chi connectivity index (χ2n) is 7.23. The monoisotopic (exact) mass is 525 g/mol. The maximum Gasteiger partial charge on any atom is 0.251 e. The molecule has 0 radical (unpaired) electrons. The Morgan fingerprint density at radius 1 is 1.09 bits per heavy atom. The number of hydrogen-bond acceptors (Lipinski definition) is 5. The van der Waals surface area contributed by atoms with E-state index in [-0.39, 0.29) is 33.7 Å². The predicted molar refractivity (Wildman–Crippen MR) is 134 cm³/mol. The molecule has 2 amide bonds. The van der Waals surface area contributed by atoms with E-state index in [0.29, 0.717) is 33.8 Å². The highest BCUT2D eigenvalue weighted by Crippen LogP contribution is 2.34. The lowest BCUT2D eigenvalue weighted by Crippen LogP contribution is -2.28. The molecule has 0 aliphatic rings. The Morgan fingerprint density at radius 2 is 1.73 bits per heavy atom. The van der Waals surface area contributed by atoms with Gasteiger partial charge in [0.05, 0.1) is 27.5 Å². The lowest BCUT2D eigenvalue weighted by molar-refractivity contribution is -0.113. The Morgan fingerprint density at radius 3 is 2.33 bits per heavy atom. The van der Waals surface area contributed by atoms with Gasteiger partial charge in [-0.05, 0) is 45.0 Å². The van der Waals surface area contributed by atoms with Crippen molar-refractivity contribution < 1.29 is 9.59 Å². The molecule has 1 aromatic heterocycles. The maximum absolute atomic E-state index is 12.6. The summed E-state index contributed by atoms with van der Waals surface area (Å²) < 4.78 is 1.86. The predicted octanol–water partition coefficient (Wildman–Crippen LogP) is 5.79. The van der Waals surface area contributed by atoms with Crippen LogP contribution in [0.1, 0.15) is 41.6 Å². The first kappa shape index (κ1) is 25.4. The SMILES string of the molecule is CCn1c(SCC(=O)Nc2c(Cl)cc(Cl)cc2Cl)nnc1[C@@H](C)NC(=O)c1ccc(C)cc1. The number of carbonyl (C=O) groups is 2. The Hall–Kier alpha value is -2.26. The molecule has 33 heavy (non-hydrogen) atoms. The summed E-state index contributed by atoms with van der Waals surface area (Å²) in [6.45, 7) is 6.32. The molecule has 0 unspecified atom stereocenters. The van der Waals surface area contributed by atoms with Gasteiger partial charge in [-0.15, -0.1) is 10.2 Å². The number of carbonyl (C=O) groups excluding carboxylic acids is 2. The zero-order valence-corrected chi connectivity index (χ0v) is 21.2. The summed E-state index contributed by atoms with van der Waals surface area (Å²) in [5.74, 6) is 0.166. The fourth-order valence-corrected chi connectivity index (χ4v) is 4.76. The highest BCUT2D eigenvalue weighted by Gasteiger charge is 2.20. The van der Waals surface area contributed by atoms with Crippen molar-refractivity contribution in [2.75, 3.05) is 11.1 Å². The van der Waals surface area contributed by atoms with E-state index in [2.05, 4.69) is 20.8 Å². The highest BCUT2D eigenvalue weighted by molar-refractivity contribution is 7.99. The Balaban J connectivity index is 1.64. The number of benzene rings is 2. The summed E-state index contributed by atoms with van der Waals surface area (Å²) in [7, 11) is 0. The molecule has 1 atom stereocenters. The molecule has 0 aliphatic heterocycles. The van der Waals surface area contributed by atoms with E-state index in [4.69, 9.17) is 34.8 Å². The zero-order valence-electron chi connectivity index (χ0n) is 18.2. The van der Waals surface area contributed by atoms with E-state index in [1.54, 1.807) is 12.1 Å². The van der Waals surface area contributed by atoms with Crippen LogP contribution in [0.5, 0.6) is 0 Å². The Bertz CT molecular complexity index is 1140. The molecule has 0 spiro atoms. The van der Waals surface area contributed by atoms with Crippen molar-refractivity contribution in [1.82, 2.24) is 20.1 Å². The van der Waals surface area contributed by atoms with Gasteiger partial charge in [0.2, 0.25) is 5.91 Å². The molecule has 1 heterocycles. The van der Waals surface area contributed by atoms with Gasteiger partial charge >= 0.3 is 0 Å². The van der Waals surface area contributed by atoms with Crippen molar-refractivity contribution in [2.45, 2.75) is 38.5 Å². The van der Waals surface area contributed by atoms with Gasteiger partial charge in [0, 0.05) is 17.1 Å². The summed E-state index contributed by atoms with van der Waals surface area (Å²) in [4.78, 5) is 25.0. The van der Waals surface area contributed by atoms with Crippen LogP contribution in [0.15, 0.2) is 41.6 Å². The number of aryl methyl sites for hydroxylation is 1. The minimum absolute atomic E-state index is 0.0670. The van der Waals surface area contributed by atoms with Crippen LogP contribution in [-0.2, 0) is 11.3 Å². The molecule has 174 valence electrons. The number of thioether (sulfide) groups is 1. The van der Waals surface area contributed by atoms with Crippen LogP contribution in [0.3, 0.4) is 0 Å². The normalized spacial score (nSPS) is 11.8. The van der Waals surface area contributed by atoms with Gasteiger partial charge in [-0.2, -0.15) is 0 Å². The Labute approximate surface area is 211 Å². The number of aromatic nitrogens is 3. The van der Waals surface area contributed by atoms with Gasteiger partial charge in [-0.3, -0.25) is 9.59 Å². The molecule has 0 saturated carbocycles. The maximum atomic E-state index is 12.6. The second kappa shape index (κ2) is 11.2. The average Bonchev–Trinajstić information content (AvgIpc) is 3.18. The first-order chi connectivity index (χ1) is 15.7. The van der Waals surface area contributed by atoms with Crippen molar-refractivity contribution in [3.63, 3.8) is 0 Å². The van der Waals surface area contributed by atoms with Gasteiger partial charge < -0.3 is 15.2 Å². The molecule has 0 aliphatic carbocycles. The number of nitrogens with zero attached hydrogens (tertiary/aromatic N) is 3. The highest BCUT2D eigenvalue weighted by atomic mass is 35.5. The van der Waals surface area contributed by atoms with Crippen molar-refractivity contribution in [1.29, 1.82) is 0 Å². The van der Waals surface area contributed by atoms with Crippen LogP contribution in [0.2, 0.25) is 15.1 Å². The first-order valence-corrected chi connectivity index (χ1v) is 12.2. The molecular weight excluding hydrogens is 505 g/mol. The van der Waals surface area contributed by atoms with Crippen LogP contribution >= 0.6 is 46.6 Å². The molecule has 0 fully saturated rings. The molecule has 11 heteroatoms. The number of nitrogens with one attached hydrogen (secondary N) is 2. The van der Waals surface area contributed by atoms with Crippen molar-refractivity contribution in [2.24, 2.45) is 0 Å². The number of halogens is 3. The fourth-order valence-electron chi connectivity index (χ4n) is 3.04. The van der Waals surface area contributed by atoms with Crippen LogP contribution in [0.25, 0.3) is 0 Å². The standard InChI is InChI=1S/C22H22Cl3N5O2S/c1-4-30-20(13(3)26-21(32)14-7-5-12(2)6-8-14)28-29-22(30)33-11-18(31)27-19-16(24)9-15(23)10-17(19)25/h5-10,13H,4,11H2,1-3H3,(H,26,32)(H,27,31)/t13-/m1/s1. The third-order valence-corrected chi connectivity index (χ3v) is 6.50. The van der Waals surface area contributed by atoms with Crippen LogP contribution in [-0.4, -0.2) is 32.3 Å². The third kappa shape index (κ3) is 6.41. The molecule has 2 N–H and O–H groups in total. The van der Waals surface area contributed by atoms with Crippen molar-refractivity contribution in [3.05, 3.63) is 68.4 Å². The van der Waals surface area contributed by atoms with E-state index < -0.39 is 0 Å². The van der Waals surface area contributed by atoms with Gasteiger partial charge in [0.25, 0.3) is 5.91 Å². The number of amides is 2. The second-order valence-corrected chi connectivity index (χ2v) is 9.42. The lowest BCUT2D eigenvalue weighted by atomic mass is 10.1. The van der Waals surface area contributed by atoms with E-state index in [0.717, 1.165) is 5.56 Å². The molecule has 3 aromatic rings. The summed E-state index contributed by atoms with van der Waals surface area (Å²) >= 11 is 19.4. The molecule has 0 saturated heterocycles. The third-order valence-electron chi connectivity index (χ3n) is 4.71. The van der Waals surface area contributed by atoms with Crippen LogP contribution < -0.4 is 10.6 Å². The van der Waals surface area contributed by atoms with Crippen molar-refractivity contribution in [3.8, 4) is 0 Å². The van der Waals surface area contributed by atoms with E-state index in [1.807, 2.05) is 37.5 Å². The van der Waals surface area contributed by atoms with E-state index in [9.17, 15) is 9.59 Å². The number of anilines is 1. The summed E-state index contributed by atoms with van der Waals surface area (Å²) in [5, 5.41) is 15.5. The topological polar surface area (TPSA) is 88.9 Å². The molecule has 3 rings (SSSR count). The number of rotatable bonds is 8. The minimum atomic E-state index is -0.374. The van der Waals surface area contributed by atoms with E-state index in [1.165, 1.54) is 23.9 Å². The minimum Gasteiger partial charge on any atom is -0.342 e. The fraction of sp³-hybridized carbons (Fsp3) is 0.273. The smallest absolute Gasteiger partial charge is 0.251 e. The Kier molecular flexibility index (Phi) is 8.64. The summed E-state index contributed by atoms with van der Waals surface area (Å²) in [6, 6.07) is 9.97. The van der Waals surface area contributed by atoms with E-state index >= 15 is 0 Å². The van der Waals surface area contributed by atoms with Gasteiger partial charge in [-0.25, -0.2) is 0 Å². The van der Waals surface area contributed by atoms with Crippen LogP contribution in [0, 0.1) is 6.92 Å². The summed E-state index contributed by atoms with van der Waals surface area (Å²) in [5.41, 5.74) is 1.95. The summed E-state index contributed by atoms with van der Waals surface area (Å²) in [6.07, 6.45) is 0. The van der Waals surface area contributed by atoms with Crippen LogP contribution in [0.4, 0.5) is 5.69 Å². The number of hydrogen-bond donors (Lipinski definition) is 2. The molecule has 7 nitrogen and oxygen atoms in total. The zero-order chi connectivity index (χ0) is 24.1. The molecule has 0 bridgehead atoms. The molecular formula is C22H22Cl3N5O2S.